The summed E-state index contributed by atoms with van der Waals surface area (Å²) >= 11 is 14.3. The van der Waals surface area contributed by atoms with Gasteiger partial charge in [0.25, 0.3) is 0 Å². The normalized spacial score (nSPS) is 30.7. The third-order valence-corrected chi connectivity index (χ3v) is 6.59. The second kappa shape index (κ2) is 6.65. The Hall–Kier alpha value is -1.11. The molecule has 8 heteroatoms. The average Bonchev–Trinajstić information content (AvgIpc) is 2.87. The number of aromatic nitrogens is 1. The highest BCUT2D eigenvalue weighted by Gasteiger charge is 2.68. The first-order valence-corrected chi connectivity index (χ1v) is 9.35. The molecule has 4 atom stereocenters. The molecule has 2 aliphatic rings. The smallest absolute Gasteiger partial charge is 0.330 e. The Labute approximate surface area is 154 Å². The van der Waals surface area contributed by atoms with E-state index in [2.05, 4.69) is 15.0 Å². The number of fused-ring (bicyclic) bond motifs is 1. The number of amides is 1. The van der Waals surface area contributed by atoms with Crippen LogP contribution in [0.25, 0.3) is 0 Å². The summed E-state index contributed by atoms with van der Waals surface area (Å²) in [4.78, 5) is 27.2. The summed E-state index contributed by atoms with van der Waals surface area (Å²) < 4.78 is 3.93. The van der Waals surface area contributed by atoms with Crippen LogP contribution in [0.5, 0.6) is 0 Å². The number of rotatable bonds is 4. The highest BCUT2D eigenvalue weighted by Crippen LogP contribution is 2.70. The summed E-state index contributed by atoms with van der Waals surface area (Å²) in [5.41, 5.74) is 0.862. The van der Waals surface area contributed by atoms with Crippen LogP contribution in [0.3, 0.4) is 0 Å². The van der Waals surface area contributed by atoms with E-state index in [1.165, 1.54) is 31.4 Å². The van der Waals surface area contributed by atoms with Crippen molar-refractivity contribution in [3.05, 3.63) is 23.2 Å². The van der Waals surface area contributed by atoms with E-state index in [9.17, 15) is 9.59 Å². The van der Waals surface area contributed by atoms with Crippen LogP contribution < -0.4 is 5.32 Å². The van der Waals surface area contributed by atoms with Crippen molar-refractivity contribution in [1.29, 1.82) is 0 Å². The van der Waals surface area contributed by atoms with Gasteiger partial charge in [0, 0.05) is 30.2 Å². The first-order valence-electron chi connectivity index (χ1n) is 7.71. The summed E-state index contributed by atoms with van der Waals surface area (Å²) in [7, 11) is 1.35. The van der Waals surface area contributed by atoms with Crippen molar-refractivity contribution < 1.29 is 14.3 Å². The van der Waals surface area contributed by atoms with Crippen molar-refractivity contribution in [3.63, 3.8) is 0 Å². The van der Waals surface area contributed by atoms with Gasteiger partial charge in [-0.3, -0.25) is 4.79 Å². The van der Waals surface area contributed by atoms with Gasteiger partial charge in [0.2, 0.25) is 5.91 Å². The fourth-order valence-corrected chi connectivity index (χ4v) is 5.38. The number of nitrogens with zero attached hydrogens (tertiary/aromatic N) is 1. The molecule has 3 rings (SSSR count). The van der Waals surface area contributed by atoms with Gasteiger partial charge in [-0.25, -0.2) is 9.78 Å². The molecule has 1 N–H and O–H groups in total. The van der Waals surface area contributed by atoms with Crippen molar-refractivity contribution in [1.82, 2.24) is 4.98 Å². The molecular formula is C16H18Cl2N2O3S. The number of allylic oxidation sites excluding steroid dienone is 1. The lowest BCUT2D eigenvalue weighted by molar-refractivity contribution is -0.134. The molecule has 130 valence electrons. The predicted molar refractivity (Wildman–Crippen MR) is 94.5 cm³/mol. The summed E-state index contributed by atoms with van der Waals surface area (Å²) in [5, 5.41) is 5.19. The maximum atomic E-state index is 11.4. The highest BCUT2D eigenvalue weighted by molar-refractivity contribution is 7.13. The number of carbonyl (C=O) groups excluding carboxylic acids is 2. The maximum Gasteiger partial charge on any atom is 0.330 e. The summed E-state index contributed by atoms with van der Waals surface area (Å²) in [6.07, 6.45) is 5.12. The summed E-state index contributed by atoms with van der Waals surface area (Å²) in [6.45, 7) is 1.45. The number of hydrogen-bond donors (Lipinski definition) is 1. The number of hydrogen-bond acceptors (Lipinski definition) is 5. The maximum absolute atomic E-state index is 11.4. The number of alkyl halides is 2. The monoisotopic (exact) mass is 388 g/mol. The van der Waals surface area contributed by atoms with Crippen LogP contribution in [0, 0.1) is 17.8 Å². The van der Waals surface area contributed by atoms with Crippen LogP contribution in [-0.4, -0.2) is 28.3 Å². The number of anilines is 1. The zero-order chi connectivity index (χ0) is 17.5. The molecule has 1 amide bonds. The lowest BCUT2D eigenvalue weighted by Crippen LogP contribution is -2.20. The van der Waals surface area contributed by atoms with Crippen molar-refractivity contribution in [2.24, 2.45) is 17.8 Å². The Bertz CT molecular complexity index is 689. The summed E-state index contributed by atoms with van der Waals surface area (Å²) in [6, 6.07) is 0. The van der Waals surface area contributed by atoms with Gasteiger partial charge in [0.05, 0.1) is 12.8 Å². The molecular weight excluding hydrogens is 371 g/mol. The van der Waals surface area contributed by atoms with E-state index in [4.69, 9.17) is 23.2 Å². The van der Waals surface area contributed by atoms with E-state index in [1.807, 2.05) is 11.5 Å². The highest BCUT2D eigenvalue weighted by atomic mass is 35.5. The molecule has 2 fully saturated rings. The van der Waals surface area contributed by atoms with E-state index in [-0.39, 0.29) is 35.5 Å². The molecule has 4 unspecified atom stereocenters. The number of halogens is 2. The zero-order valence-corrected chi connectivity index (χ0v) is 15.6. The molecule has 24 heavy (non-hydrogen) atoms. The van der Waals surface area contributed by atoms with Crippen molar-refractivity contribution in [3.8, 4) is 0 Å². The Kier molecular flexibility index (Phi) is 4.91. The van der Waals surface area contributed by atoms with Gasteiger partial charge in [0.1, 0.15) is 4.33 Å². The number of nitrogens with one attached hydrogen (secondary N) is 1. The van der Waals surface area contributed by atoms with Crippen molar-refractivity contribution in [2.75, 3.05) is 12.4 Å². The van der Waals surface area contributed by atoms with Gasteiger partial charge in [-0.2, -0.15) is 0 Å². The SMILES string of the molecule is COC(=O)C=CC1CCC2C(C1c1csc(NC(C)=O)n1)C2(Cl)Cl. The Balaban J connectivity index is 1.86. The number of esters is 1. The lowest BCUT2D eigenvalue weighted by Gasteiger charge is -2.27. The Morgan fingerprint density at radius 2 is 2.21 bits per heavy atom. The number of carbonyl (C=O) groups is 2. The fourth-order valence-electron chi connectivity index (χ4n) is 3.63. The molecule has 0 radical (unpaired) electrons. The van der Waals surface area contributed by atoms with Crippen LogP contribution in [0.4, 0.5) is 5.13 Å². The number of methoxy groups -OCH3 is 1. The fraction of sp³-hybridized carbons (Fsp3) is 0.562. The second-order valence-electron chi connectivity index (χ2n) is 6.21. The largest absolute Gasteiger partial charge is 0.466 e. The summed E-state index contributed by atoms with van der Waals surface area (Å²) in [5.74, 6) is -0.0500. The minimum absolute atomic E-state index is 0.0263. The van der Waals surface area contributed by atoms with E-state index < -0.39 is 4.33 Å². The number of ether oxygens (including phenoxy) is 1. The third-order valence-electron chi connectivity index (χ3n) is 4.75. The van der Waals surface area contributed by atoms with Crippen LogP contribution >= 0.6 is 34.5 Å². The molecule has 0 spiro atoms. The molecule has 2 saturated carbocycles. The molecule has 1 heterocycles. The molecule has 0 aliphatic heterocycles. The van der Waals surface area contributed by atoms with Gasteiger partial charge in [-0.15, -0.1) is 34.5 Å². The average molecular weight is 389 g/mol. The molecule has 0 aromatic carbocycles. The Morgan fingerprint density at radius 3 is 2.88 bits per heavy atom. The van der Waals surface area contributed by atoms with Crippen molar-refractivity contribution >= 4 is 51.5 Å². The Morgan fingerprint density at radius 1 is 1.46 bits per heavy atom. The third kappa shape index (κ3) is 3.32. The molecule has 2 aliphatic carbocycles. The van der Waals surface area contributed by atoms with Crippen LogP contribution in [-0.2, 0) is 14.3 Å². The standard InChI is InChI=1S/C16H18Cl2N2O3S/c1-8(21)19-15-20-11(7-24-15)13-9(4-6-12(22)23-2)3-5-10-14(13)16(10,17)18/h4,6-7,9-10,13-14H,3,5H2,1-2H3,(H,19,20,21). The zero-order valence-electron chi connectivity index (χ0n) is 13.3. The van der Waals surface area contributed by atoms with Gasteiger partial charge < -0.3 is 10.1 Å². The van der Waals surface area contributed by atoms with Gasteiger partial charge >= 0.3 is 5.97 Å². The quantitative estimate of drug-likeness (QED) is 0.484. The van der Waals surface area contributed by atoms with E-state index in [0.29, 0.717) is 5.13 Å². The first kappa shape index (κ1) is 17.7. The van der Waals surface area contributed by atoms with E-state index >= 15 is 0 Å². The van der Waals surface area contributed by atoms with E-state index in [0.717, 1.165) is 18.5 Å². The molecule has 1 aromatic rings. The minimum atomic E-state index is -0.740. The first-order chi connectivity index (χ1) is 11.3. The van der Waals surface area contributed by atoms with Crippen LogP contribution in [0.2, 0.25) is 0 Å². The van der Waals surface area contributed by atoms with Crippen LogP contribution in [0.15, 0.2) is 17.5 Å². The topological polar surface area (TPSA) is 68.3 Å². The molecule has 0 bridgehead atoms. The van der Waals surface area contributed by atoms with Gasteiger partial charge in [-0.1, -0.05) is 6.08 Å². The van der Waals surface area contributed by atoms with E-state index in [1.54, 1.807) is 0 Å². The van der Waals surface area contributed by atoms with Crippen LogP contribution in [0.1, 0.15) is 31.4 Å². The van der Waals surface area contributed by atoms with Crippen molar-refractivity contribution in [2.45, 2.75) is 30.0 Å². The minimum Gasteiger partial charge on any atom is -0.466 e. The lowest BCUT2D eigenvalue weighted by atomic mass is 9.77. The van der Waals surface area contributed by atoms with Gasteiger partial charge in [0.15, 0.2) is 5.13 Å². The van der Waals surface area contributed by atoms with Gasteiger partial charge in [-0.05, 0) is 24.7 Å². The molecule has 0 saturated heterocycles. The predicted octanol–water partition coefficient (Wildman–Crippen LogP) is 3.74. The molecule has 1 aromatic heterocycles. The molecule has 5 nitrogen and oxygen atoms in total. The second-order valence-corrected chi connectivity index (χ2v) is 8.52. The number of thiazole rings is 1.